The first-order valence-corrected chi connectivity index (χ1v) is 9.54. The number of amides is 2. The maximum absolute atomic E-state index is 13.2. The second-order valence-electron chi connectivity index (χ2n) is 7.38. The monoisotopic (exact) mass is 366 g/mol. The van der Waals surface area contributed by atoms with E-state index in [1.54, 1.807) is 11.0 Å². The minimum absolute atomic E-state index is 0.00164. The third-order valence-corrected chi connectivity index (χ3v) is 5.49. The van der Waals surface area contributed by atoms with Crippen molar-refractivity contribution in [2.75, 3.05) is 18.0 Å². The summed E-state index contributed by atoms with van der Waals surface area (Å²) in [7, 11) is 0. The summed E-state index contributed by atoms with van der Waals surface area (Å²) < 4.78 is 13.2. The van der Waals surface area contributed by atoms with Crippen molar-refractivity contribution in [3.8, 4) is 0 Å². The van der Waals surface area contributed by atoms with Crippen LogP contribution in [0.15, 0.2) is 42.5 Å². The maximum atomic E-state index is 13.2. The van der Waals surface area contributed by atoms with Gasteiger partial charge in [-0.25, -0.2) is 4.39 Å². The molecule has 5 heteroatoms. The minimum atomic E-state index is -0.335. The lowest BCUT2D eigenvalue weighted by Crippen LogP contribution is -2.34. The highest BCUT2D eigenvalue weighted by Crippen LogP contribution is 2.30. The van der Waals surface area contributed by atoms with E-state index < -0.39 is 0 Å². The Labute approximate surface area is 158 Å². The Morgan fingerprint density at radius 3 is 2.85 bits per heavy atom. The number of hydrogen-bond acceptors (Lipinski definition) is 2. The molecule has 0 spiro atoms. The van der Waals surface area contributed by atoms with Crippen LogP contribution < -0.4 is 10.2 Å². The van der Waals surface area contributed by atoms with Crippen LogP contribution in [0.5, 0.6) is 0 Å². The molecule has 1 atom stereocenters. The first-order valence-electron chi connectivity index (χ1n) is 9.54. The smallest absolute Gasteiger partial charge is 0.227 e. The molecule has 2 aliphatic rings. The molecular formula is C22H23FN2O2. The number of rotatable bonds is 5. The van der Waals surface area contributed by atoms with Crippen molar-refractivity contribution in [3.05, 3.63) is 65.0 Å². The van der Waals surface area contributed by atoms with Crippen molar-refractivity contribution >= 4 is 17.5 Å². The molecule has 2 aromatic rings. The third-order valence-electron chi connectivity index (χ3n) is 5.49. The summed E-state index contributed by atoms with van der Waals surface area (Å²) in [6.07, 6.45) is 4.15. The highest BCUT2D eigenvalue weighted by atomic mass is 19.1. The highest BCUT2D eigenvalue weighted by Gasteiger charge is 2.35. The van der Waals surface area contributed by atoms with E-state index in [1.165, 1.54) is 29.7 Å². The van der Waals surface area contributed by atoms with Crippen LogP contribution in [-0.2, 0) is 28.9 Å². The van der Waals surface area contributed by atoms with Crippen LogP contribution in [0.2, 0.25) is 0 Å². The fourth-order valence-corrected chi connectivity index (χ4v) is 4.03. The molecule has 0 bridgehead atoms. The van der Waals surface area contributed by atoms with Crippen molar-refractivity contribution in [3.63, 3.8) is 0 Å². The standard InChI is InChI=1S/C22H23FN2O2/c23-19-6-1-3-15(11-19)9-10-24-22(27)18-13-21(26)25(14-18)20-8-7-16-4-2-5-17(16)12-20/h1,3,6-8,11-12,18H,2,4-5,9-10,13-14H2,(H,24,27). The Morgan fingerprint density at radius 1 is 1.15 bits per heavy atom. The van der Waals surface area contributed by atoms with E-state index in [9.17, 15) is 14.0 Å². The van der Waals surface area contributed by atoms with Gasteiger partial charge in [-0.1, -0.05) is 18.2 Å². The van der Waals surface area contributed by atoms with Crippen LogP contribution in [0.1, 0.15) is 29.5 Å². The van der Waals surface area contributed by atoms with Gasteiger partial charge in [-0.2, -0.15) is 0 Å². The fourth-order valence-electron chi connectivity index (χ4n) is 4.03. The largest absolute Gasteiger partial charge is 0.355 e. The van der Waals surface area contributed by atoms with Gasteiger partial charge < -0.3 is 10.2 Å². The second-order valence-corrected chi connectivity index (χ2v) is 7.38. The number of carbonyl (C=O) groups is 2. The van der Waals surface area contributed by atoms with E-state index in [1.807, 2.05) is 12.1 Å². The minimum Gasteiger partial charge on any atom is -0.355 e. The normalized spacial score (nSPS) is 18.6. The molecule has 27 heavy (non-hydrogen) atoms. The van der Waals surface area contributed by atoms with Gasteiger partial charge in [0.1, 0.15) is 5.82 Å². The molecular weight excluding hydrogens is 343 g/mol. The third kappa shape index (κ3) is 3.87. The number of anilines is 1. The number of fused-ring (bicyclic) bond motifs is 1. The Hall–Kier alpha value is -2.69. The van der Waals surface area contributed by atoms with Gasteiger partial charge in [0.15, 0.2) is 0 Å². The summed E-state index contributed by atoms with van der Waals surface area (Å²) >= 11 is 0. The van der Waals surface area contributed by atoms with E-state index in [2.05, 4.69) is 17.4 Å². The Morgan fingerprint density at radius 2 is 2.00 bits per heavy atom. The van der Waals surface area contributed by atoms with Crippen LogP contribution in [0.4, 0.5) is 10.1 Å². The Balaban J connectivity index is 1.33. The quantitative estimate of drug-likeness (QED) is 0.884. The molecule has 1 N–H and O–H groups in total. The van der Waals surface area contributed by atoms with E-state index in [4.69, 9.17) is 0 Å². The molecule has 1 unspecified atom stereocenters. The predicted octanol–water partition coefficient (Wildman–Crippen LogP) is 3.03. The number of aryl methyl sites for hydroxylation is 2. The van der Waals surface area contributed by atoms with Gasteiger partial charge in [0.25, 0.3) is 0 Å². The van der Waals surface area contributed by atoms with Crippen molar-refractivity contribution in [2.45, 2.75) is 32.1 Å². The molecule has 4 rings (SSSR count). The molecule has 0 radical (unpaired) electrons. The molecule has 4 nitrogen and oxygen atoms in total. The number of nitrogens with zero attached hydrogens (tertiary/aromatic N) is 1. The molecule has 1 saturated heterocycles. The SMILES string of the molecule is O=C(NCCc1cccc(F)c1)C1CC(=O)N(c2ccc3c(c2)CCC3)C1. The summed E-state index contributed by atoms with van der Waals surface area (Å²) in [5.74, 6) is -0.717. The van der Waals surface area contributed by atoms with Crippen LogP contribution >= 0.6 is 0 Å². The average molecular weight is 366 g/mol. The second kappa shape index (κ2) is 7.51. The maximum Gasteiger partial charge on any atom is 0.227 e. The highest BCUT2D eigenvalue weighted by molar-refractivity contribution is 6.00. The summed E-state index contributed by atoms with van der Waals surface area (Å²) in [4.78, 5) is 26.6. The number of halogens is 1. The zero-order valence-corrected chi connectivity index (χ0v) is 15.2. The van der Waals surface area contributed by atoms with Crippen molar-refractivity contribution in [2.24, 2.45) is 5.92 Å². The van der Waals surface area contributed by atoms with E-state index in [-0.39, 0.29) is 30.0 Å². The first-order chi connectivity index (χ1) is 13.1. The van der Waals surface area contributed by atoms with E-state index in [0.29, 0.717) is 19.5 Å². The van der Waals surface area contributed by atoms with E-state index >= 15 is 0 Å². The molecule has 1 heterocycles. The molecule has 1 fully saturated rings. The Kier molecular flexibility index (Phi) is 4.92. The molecule has 2 aromatic carbocycles. The lowest BCUT2D eigenvalue weighted by Gasteiger charge is -2.18. The van der Waals surface area contributed by atoms with Gasteiger partial charge >= 0.3 is 0 Å². The van der Waals surface area contributed by atoms with Gasteiger partial charge in [0.05, 0.1) is 5.92 Å². The Bertz CT molecular complexity index is 880. The van der Waals surface area contributed by atoms with Crippen LogP contribution in [0.3, 0.4) is 0 Å². The molecule has 1 aliphatic carbocycles. The predicted molar refractivity (Wildman–Crippen MR) is 102 cm³/mol. The number of hydrogen-bond donors (Lipinski definition) is 1. The van der Waals surface area contributed by atoms with Gasteiger partial charge in [0.2, 0.25) is 11.8 Å². The zero-order valence-electron chi connectivity index (χ0n) is 15.2. The zero-order chi connectivity index (χ0) is 18.8. The van der Waals surface area contributed by atoms with E-state index in [0.717, 1.165) is 24.1 Å². The lowest BCUT2D eigenvalue weighted by molar-refractivity contribution is -0.126. The number of carbonyl (C=O) groups excluding carboxylic acids is 2. The summed E-state index contributed by atoms with van der Waals surface area (Å²) in [5, 5.41) is 2.89. The first kappa shape index (κ1) is 17.7. The number of benzene rings is 2. The van der Waals surface area contributed by atoms with Gasteiger partial charge in [0, 0.05) is 25.2 Å². The number of nitrogens with one attached hydrogen (secondary N) is 1. The molecule has 0 saturated carbocycles. The summed E-state index contributed by atoms with van der Waals surface area (Å²) in [5.41, 5.74) is 4.44. The topological polar surface area (TPSA) is 49.4 Å². The van der Waals surface area contributed by atoms with Crippen molar-refractivity contribution in [1.29, 1.82) is 0 Å². The molecule has 1 aliphatic heterocycles. The van der Waals surface area contributed by atoms with Gasteiger partial charge in [-0.3, -0.25) is 9.59 Å². The van der Waals surface area contributed by atoms with Crippen LogP contribution in [0, 0.1) is 11.7 Å². The summed E-state index contributed by atoms with van der Waals surface area (Å²) in [6.45, 7) is 0.856. The average Bonchev–Trinajstić information content (AvgIpc) is 3.27. The molecule has 2 amide bonds. The molecule has 0 aromatic heterocycles. The molecule has 140 valence electrons. The lowest BCUT2D eigenvalue weighted by atomic mass is 10.1. The summed E-state index contributed by atoms with van der Waals surface area (Å²) in [6, 6.07) is 12.6. The van der Waals surface area contributed by atoms with Crippen LogP contribution in [0.25, 0.3) is 0 Å². The van der Waals surface area contributed by atoms with Crippen molar-refractivity contribution < 1.29 is 14.0 Å². The van der Waals surface area contributed by atoms with Crippen molar-refractivity contribution in [1.82, 2.24) is 5.32 Å². The van der Waals surface area contributed by atoms with Gasteiger partial charge in [-0.05, 0) is 66.6 Å². The van der Waals surface area contributed by atoms with Gasteiger partial charge in [-0.15, -0.1) is 0 Å². The van der Waals surface area contributed by atoms with Crippen LogP contribution in [-0.4, -0.2) is 24.9 Å². The fraction of sp³-hybridized carbons (Fsp3) is 0.364.